The number of hydrogen-bond donors (Lipinski definition) is 0. The van der Waals surface area contributed by atoms with Crippen LogP contribution in [0.4, 0.5) is 0 Å². The van der Waals surface area contributed by atoms with E-state index < -0.39 is 0 Å². The molecule has 1 aliphatic carbocycles. The van der Waals surface area contributed by atoms with Crippen molar-refractivity contribution < 1.29 is 9.47 Å². The molecule has 5 nitrogen and oxygen atoms in total. The maximum absolute atomic E-state index is 5.55. The van der Waals surface area contributed by atoms with Crippen molar-refractivity contribution in [1.82, 2.24) is 14.5 Å². The van der Waals surface area contributed by atoms with Gasteiger partial charge in [0.05, 0.1) is 25.6 Å². The predicted molar refractivity (Wildman–Crippen MR) is 104 cm³/mol. The van der Waals surface area contributed by atoms with E-state index in [-0.39, 0.29) is 0 Å². The first kappa shape index (κ1) is 16.4. The SMILES string of the molecule is COc1cc2c(cc1OC)-c1c(-c3ccc(C4CC4)nc3)nc(C)n1CC2. The van der Waals surface area contributed by atoms with E-state index in [0.717, 1.165) is 47.2 Å². The van der Waals surface area contributed by atoms with Gasteiger partial charge in [0.25, 0.3) is 0 Å². The summed E-state index contributed by atoms with van der Waals surface area (Å²) in [5.74, 6) is 3.22. The molecule has 0 radical (unpaired) electrons. The van der Waals surface area contributed by atoms with E-state index >= 15 is 0 Å². The maximum atomic E-state index is 5.55. The molecule has 5 heteroatoms. The molecule has 138 valence electrons. The van der Waals surface area contributed by atoms with Crippen molar-refractivity contribution in [1.29, 1.82) is 0 Å². The normalized spacial score (nSPS) is 15.2. The fourth-order valence-electron chi connectivity index (χ4n) is 4.06. The first-order valence-electron chi connectivity index (χ1n) is 9.48. The zero-order chi connectivity index (χ0) is 18.5. The van der Waals surface area contributed by atoms with Gasteiger partial charge in [0, 0.05) is 35.5 Å². The van der Waals surface area contributed by atoms with Crippen molar-refractivity contribution in [3.05, 3.63) is 47.5 Å². The number of nitrogens with zero attached hydrogens (tertiary/aromatic N) is 3. The van der Waals surface area contributed by atoms with Crippen LogP contribution in [0.2, 0.25) is 0 Å². The number of rotatable bonds is 4. The lowest BCUT2D eigenvalue weighted by molar-refractivity contribution is 0.354. The smallest absolute Gasteiger partial charge is 0.161 e. The molecule has 0 N–H and O–H groups in total. The molecule has 0 saturated heterocycles. The summed E-state index contributed by atoms with van der Waals surface area (Å²) in [4.78, 5) is 9.60. The zero-order valence-corrected chi connectivity index (χ0v) is 16.0. The van der Waals surface area contributed by atoms with Crippen LogP contribution >= 0.6 is 0 Å². The monoisotopic (exact) mass is 361 g/mol. The molecule has 3 heterocycles. The number of methoxy groups -OCH3 is 2. The molecule has 27 heavy (non-hydrogen) atoms. The van der Waals surface area contributed by atoms with Gasteiger partial charge in [-0.2, -0.15) is 0 Å². The van der Waals surface area contributed by atoms with Crippen LogP contribution in [0.3, 0.4) is 0 Å². The fourth-order valence-corrected chi connectivity index (χ4v) is 4.06. The second kappa shape index (κ2) is 6.12. The Balaban J connectivity index is 1.67. The van der Waals surface area contributed by atoms with Crippen LogP contribution in [0.5, 0.6) is 11.5 Å². The Bertz CT molecular complexity index is 1020. The summed E-state index contributed by atoms with van der Waals surface area (Å²) in [6, 6.07) is 8.50. The molecule has 3 aromatic rings. The van der Waals surface area contributed by atoms with Gasteiger partial charge in [0.1, 0.15) is 5.82 Å². The second-order valence-corrected chi connectivity index (χ2v) is 7.37. The molecule has 0 atom stereocenters. The molecule has 1 aliphatic heterocycles. The number of hydrogen-bond acceptors (Lipinski definition) is 4. The number of benzene rings is 1. The summed E-state index contributed by atoms with van der Waals surface area (Å²) in [6.45, 7) is 3.00. The largest absolute Gasteiger partial charge is 0.493 e. The summed E-state index contributed by atoms with van der Waals surface area (Å²) >= 11 is 0. The maximum Gasteiger partial charge on any atom is 0.161 e. The minimum absolute atomic E-state index is 0.661. The summed E-state index contributed by atoms with van der Waals surface area (Å²) in [7, 11) is 3.36. The number of pyridine rings is 1. The standard InChI is InChI=1S/C22H23N3O2/c1-13-24-21(16-6-7-18(23-12-16)14-4-5-14)22-17-11-20(27-3)19(26-2)10-15(17)8-9-25(13)22/h6-7,10-12,14H,4-5,8-9H2,1-3H3. The Kier molecular flexibility index (Phi) is 3.71. The number of aromatic nitrogens is 3. The van der Waals surface area contributed by atoms with E-state index in [4.69, 9.17) is 19.4 Å². The summed E-state index contributed by atoms with van der Waals surface area (Å²) in [5.41, 5.74) is 6.85. The average Bonchev–Trinajstić information content (AvgIpc) is 3.50. The van der Waals surface area contributed by atoms with E-state index in [1.807, 2.05) is 6.20 Å². The third-order valence-electron chi connectivity index (χ3n) is 5.68. The zero-order valence-electron chi connectivity index (χ0n) is 16.0. The molecule has 0 unspecified atom stereocenters. The highest BCUT2D eigenvalue weighted by Gasteiger charge is 2.27. The molecule has 1 saturated carbocycles. The molecule has 2 aliphatic rings. The molecular formula is C22H23N3O2. The van der Waals surface area contributed by atoms with Crippen LogP contribution in [-0.4, -0.2) is 28.8 Å². The van der Waals surface area contributed by atoms with Crippen molar-refractivity contribution in [3.63, 3.8) is 0 Å². The highest BCUT2D eigenvalue weighted by Crippen LogP contribution is 2.43. The highest BCUT2D eigenvalue weighted by molar-refractivity contribution is 5.82. The lowest BCUT2D eigenvalue weighted by Crippen LogP contribution is -2.12. The van der Waals surface area contributed by atoms with Gasteiger partial charge >= 0.3 is 0 Å². The van der Waals surface area contributed by atoms with Crippen molar-refractivity contribution in [2.75, 3.05) is 14.2 Å². The van der Waals surface area contributed by atoms with Crippen molar-refractivity contribution in [3.8, 4) is 34.0 Å². The van der Waals surface area contributed by atoms with Gasteiger partial charge in [-0.1, -0.05) is 0 Å². The summed E-state index contributed by atoms with van der Waals surface area (Å²) in [6.07, 6.45) is 5.46. The Labute approximate surface area is 159 Å². The Hall–Kier alpha value is -2.82. The molecule has 0 amide bonds. The minimum Gasteiger partial charge on any atom is -0.493 e. The highest BCUT2D eigenvalue weighted by atomic mass is 16.5. The molecule has 0 bridgehead atoms. The van der Waals surface area contributed by atoms with Gasteiger partial charge < -0.3 is 14.0 Å². The van der Waals surface area contributed by atoms with Gasteiger partial charge in [-0.3, -0.25) is 4.98 Å². The summed E-state index contributed by atoms with van der Waals surface area (Å²) in [5, 5.41) is 0. The molecule has 1 fully saturated rings. The van der Waals surface area contributed by atoms with Crippen LogP contribution < -0.4 is 9.47 Å². The van der Waals surface area contributed by atoms with E-state index in [0.29, 0.717) is 5.92 Å². The first-order chi connectivity index (χ1) is 13.2. The van der Waals surface area contributed by atoms with Crippen LogP contribution in [0.1, 0.15) is 35.8 Å². The van der Waals surface area contributed by atoms with Crippen molar-refractivity contribution in [2.24, 2.45) is 0 Å². The lowest BCUT2D eigenvalue weighted by Gasteiger charge is -2.22. The molecule has 5 rings (SSSR count). The number of aryl methyl sites for hydroxylation is 2. The third kappa shape index (κ3) is 2.60. The van der Waals surface area contributed by atoms with Gasteiger partial charge in [-0.15, -0.1) is 0 Å². The van der Waals surface area contributed by atoms with E-state index in [2.05, 4.69) is 35.8 Å². The van der Waals surface area contributed by atoms with E-state index in [1.54, 1.807) is 14.2 Å². The van der Waals surface area contributed by atoms with Gasteiger partial charge in [0.2, 0.25) is 0 Å². The second-order valence-electron chi connectivity index (χ2n) is 7.37. The lowest BCUT2D eigenvalue weighted by atomic mass is 9.95. The van der Waals surface area contributed by atoms with E-state index in [1.165, 1.54) is 29.7 Å². The Morgan fingerprint density at radius 1 is 1.07 bits per heavy atom. The number of ether oxygens (including phenoxy) is 2. The Morgan fingerprint density at radius 2 is 1.85 bits per heavy atom. The molecule has 1 aromatic carbocycles. The Morgan fingerprint density at radius 3 is 2.52 bits per heavy atom. The van der Waals surface area contributed by atoms with Crippen molar-refractivity contribution >= 4 is 0 Å². The third-order valence-corrected chi connectivity index (χ3v) is 5.68. The quantitative estimate of drug-likeness (QED) is 0.692. The molecule has 2 aromatic heterocycles. The van der Waals surface area contributed by atoms with Crippen LogP contribution in [0, 0.1) is 6.92 Å². The topological polar surface area (TPSA) is 49.2 Å². The van der Waals surface area contributed by atoms with Gasteiger partial charge in [-0.05, 0) is 56.0 Å². The van der Waals surface area contributed by atoms with E-state index in [9.17, 15) is 0 Å². The fraction of sp³-hybridized carbons (Fsp3) is 0.364. The predicted octanol–water partition coefficient (Wildman–Crippen LogP) is 4.37. The van der Waals surface area contributed by atoms with Crippen LogP contribution in [0.15, 0.2) is 30.5 Å². The van der Waals surface area contributed by atoms with Crippen LogP contribution in [0.25, 0.3) is 22.5 Å². The average molecular weight is 361 g/mol. The minimum atomic E-state index is 0.661. The van der Waals surface area contributed by atoms with Gasteiger partial charge in [0.15, 0.2) is 11.5 Å². The first-order valence-corrected chi connectivity index (χ1v) is 9.48. The number of imidazole rings is 1. The van der Waals surface area contributed by atoms with Crippen molar-refractivity contribution in [2.45, 2.75) is 38.6 Å². The van der Waals surface area contributed by atoms with Gasteiger partial charge in [-0.25, -0.2) is 4.98 Å². The molecular weight excluding hydrogens is 338 g/mol. The van der Waals surface area contributed by atoms with Crippen LogP contribution in [-0.2, 0) is 13.0 Å². The summed E-state index contributed by atoms with van der Waals surface area (Å²) < 4.78 is 13.4. The molecule has 0 spiro atoms. The number of fused-ring (bicyclic) bond motifs is 3.